The largest absolute Gasteiger partial charge is 0.325 e. The van der Waals surface area contributed by atoms with E-state index in [1.54, 1.807) is 0 Å². The average Bonchev–Trinajstić information content (AvgIpc) is 2.73. The summed E-state index contributed by atoms with van der Waals surface area (Å²) >= 11 is 0. The maximum Gasteiger partial charge on any atom is 0.0650 e. The monoisotopic (exact) mass is 187 g/mol. The standard InChI is InChI=1S/C11H13N3/c12-11(3-4-11)6-8-1-2-10-9(5-8)7-13-14-10/h1-2,5,7H,3-4,6,12H2,(H,13,14). The van der Waals surface area contributed by atoms with Crippen LogP contribution in [0.4, 0.5) is 0 Å². The molecule has 3 N–H and O–H groups in total. The van der Waals surface area contributed by atoms with E-state index in [1.165, 1.54) is 10.9 Å². The maximum atomic E-state index is 6.07. The molecule has 1 aromatic heterocycles. The second-order valence-corrected chi connectivity index (χ2v) is 4.33. The first-order chi connectivity index (χ1) is 6.75. The zero-order valence-electron chi connectivity index (χ0n) is 7.96. The number of hydrogen-bond donors (Lipinski definition) is 2. The van der Waals surface area contributed by atoms with E-state index in [1.807, 2.05) is 6.20 Å². The Morgan fingerprint density at radius 2 is 2.29 bits per heavy atom. The van der Waals surface area contributed by atoms with Gasteiger partial charge in [0, 0.05) is 10.9 Å². The third-order valence-corrected chi connectivity index (χ3v) is 2.95. The van der Waals surface area contributed by atoms with Crippen molar-refractivity contribution in [1.82, 2.24) is 10.2 Å². The molecule has 0 bridgehead atoms. The lowest BCUT2D eigenvalue weighted by Gasteiger charge is -2.07. The SMILES string of the molecule is NC1(Cc2ccc3[nH]ncc3c2)CC1. The van der Waals surface area contributed by atoms with Gasteiger partial charge in [0.15, 0.2) is 0 Å². The van der Waals surface area contributed by atoms with Crippen molar-refractivity contribution in [3.63, 3.8) is 0 Å². The van der Waals surface area contributed by atoms with Crippen LogP contribution in [0.15, 0.2) is 24.4 Å². The lowest BCUT2D eigenvalue weighted by molar-refractivity contribution is 0.673. The van der Waals surface area contributed by atoms with Crippen molar-refractivity contribution in [2.45, 2.75) is 24.8 Å². The van der Waals surface area contributed by atoms with E-state index in [-0.39, 0.29) is 5.54 Å². The van der Waals surface area contributed by atoms with E-state index < -0.39 is 0 Å². The summed E-state index contributed by atoms with van der Waals surface area (Å²) in [5.74, 6) is 0. The highest BCUT2D eigenvalue weighted by Gasteiger charge is 2.37. The van der Waals surface area contributed by atoms with Gasteiger partial charge in [-0.1, -0.05) is 6.07 Å². The van der Waals surface area contributed by atoms with Crippen LogP contribution in [0, 0.1) is 0 Å². The van der Waals surface area contributed by atoms with Crippen LogP contribution < -0.4 is 5.73 Å². The van der Waals surface area contributed by atoms with E-state index in [0.29, 0.717) is 0 Å². The Kier molecular flexibility index (Phi) is 1.47. The number of aromatic nitrogens is 2. The van der Waals surface area contributed by atoms with Gasteiger partial charge in [-0.3, -0.25) is 5.10 Å². The van der Waals surface area contributed by atoms with Crippen LogP contribution >= 0.6 is 0 Å². The Balaban J connectivity index is 1.97. The lowest BCUT2D eigenvalue weighted by Crippen LogP contribution is -2.24. The number of benzene rings is 1. The first-order valence-corrected chi connectivity index (χ1v) is 4.96. The number of nitrogens with zero attached hydrogens (tertiary/aromatic N) is 1. The molecule has 0 aliphatic heterocycles. The fraction of sp³-hybridized carbons (Fsp3) is 0.364. The molecule has 0 atom stereocenters. The van der Waals surface area contributed by atoms with Gasteiger partial charge in [-0.05, 0) is 37.0 Å². The van der Waals surface area contributed by atoms with Gasteiger partial charge in [-0.25, -0.2) is 0 Å². The van der Waals surface area contributed by atoms with E-state index >= 15 is 0 Å². The molecule has 0 spiro atoms. The molecule has 0 unspecified atom stereocenters. The summed E-state index contributed by atoms with van der Waals surface area (Å²) in [6, 6.07) is 6.38. The Morgan fingerprint density at radius 3 is 3.07 bits per heavy atom. The van der Waals surface area contributed by atoms with Crippen LogP contribution in [-0.4, -0.2) is 15.7 Å². The minimum absolute atomic E-state index is 0.0947. The van der Waals surface area contributed by atoms with Crippen LogP contribution in [-0.2, 0) is 6.42 Å². The number of rotatable bonds is 2. The number of nitrogens with two attached hydrogens (primary N) is 1. The highest BCUT2D eigenvalue weighted by Crippen LogP contribution is 2.35. The second-order valence-electron chi connectivity index (χ2n) is 4.33. The molecule has 1 aromatic carbocycles. The molecular formula is C11H13N3. The van der Waals surface area contributed by atoms with Crippen molar-refractivity contribution in [3.8, 4) is 0 Å². The van der Waals surface area contributed by atoms with E-state index in [0.717, 1.165) is 24.8 Å². The summed E-state index contributed by atoms with van der Waals surface area (Å²) in [5.41, 5.74) is 8.58. The fourth-order valence-electron chi connectivity index (χ4n) is 1.85. The van der Waals surface area contributed by atoms with Gasteiger partial charge in [0.25, 0.3) is 0 Å². The van der Waals surface area contributed by atoms with Crippen LogP contribution in [0.3, 0.4) is 0 Å². The lowest BCUT2D eigenvalue weighted by atomic mass is 10.0. The molecule has 72 valence electrons. The van der Waals surface area contributed by atoms with Crippen LogP contribution in [0.2, 0.25) is 0 Å². The van der Waals surface area contributed by atoms with E-state index in [2.05, 4.69) is 28.4 Å². The highest BCUT2D eigenvalue weighted by molar-refractivity contribution is 5.78. The van der Waals surface area contributed by atoms with Gasteiger partial charge >= 0.3 is 0 Å². The number of nitrogens with one attached hydrogen (secondary N) is 1. The molecule has 3 nitrogen and oxygen atoms in total. The van der Waals surface area contributed by atoms with E-state index in [9.17, 15) is 0 Å². The van der Waals surface area contributed by atoms with Crippen molar-refractivity contribution in [1.29, 1.82) is 0 Å². The zero-order valence-corrected chi connectivity index (χ0v) is 7.96. The zero-order chi connectivity index (χ0) is 9.60. The van der Waals surface area contributed by atoms with Crippen molar-refractivity contribution in [2.75, 3.05) is 0 Å². The molecule has 1 aliphatic carbocycles. The molecule has 3 rings (SSSR count). The first-order valence-electron chi connectivity index (χ1n) is 4.96. The average molecular weight is 187 g/mol. The predicted molar refractivity (Wildman–Crippen MR) is 56.0 cm³/mol. The molecule has 0 amide bonds. The van der Waals surface area contributed by atoms with Gasteiger partial charge in [0.1, 0.15) is 0 Å². The molecule has 2 aromatic rings. The molecule has 0 saturated heterocycles. The second kappa shape index (κ2) is 2.58. The van der Waals surface area contributed by atoms with Crippen LogP contribution in [0.25, 0.3) is 10.9 Å². The van der Waals surface area contributed by atoms with E-state index in [4.69, 9.17) is 5.73 Å². The Morgan fingerprint density at radius 1 is 1.43 bits per heavy atom. The highest BCUT2D eigenvalue weighted by atomic mass is 15.1. The fourth-order valence-corrected chi connectivity index (χ4v) is 1.85. The van der Waals surface area contributed by atoms with Crippen molar-refractivity contribution < 1.29 is 0 Å². The minimum Gasteiger partial charge on any atom is -0.325 e. The number of fused-ring (bicyclic) bond motifs is 1. The Hall–Kier alpha value is -1.35. The molecule has 1 aliphatic rings. The van der Waals surface area contributed by atoms with Crippen LogP contribution in [0.1, 0.15) is 18.4 Å². The normalized spacial score (nSPS) is 18.6. The number of H-pyrrole nitrogens is 1. The quantitative estimate of drug-likeness (QED) is 0.750. The maximum absolute atomic E-state index is 6.07. The van der Waals surface area contributed by atoms with Crippen molar-refractivity contribution in [2.24, 2.45) is 5.73 Å². The molecule has 3 heteroatoms. The molecule has 14 heavy (non-hydrogen) atoms. The summed E-state index contributed by atoms with van der Waals surface area (Å²) in [6.45, 7) is 0. The summed E-state index contributed by atoms with van der Waals surface area (Å²) in [5, 5.41) is 8.12. The van der Waals surface area contributed by atoms with Gasteiger partial charge in [-0.15, -0.1) is 0 Å². The third-order valence-electron chi connectivity index (χ3n) is 2.95. The Labute approximate surface area is 82.3 Å². The smallest absolute Gasteiger partial charge is 0.0650 e. The summed E-state index contributed by atoms with van der Waals surface area (Å²) in [7, 11) is 0. The Bertz CT molecular complexity index is 468. The molecule has 1 saturated carbocycles. The molecular weight excluding hydrogens is 174 g/mol. The summed E-state index contributed by atoms with van der Waals surface area (Å²) in [4.78, 5) is 0. The number of hydrogen-bond acceptors (Lipinski definition) is 2. The topological polar surface area (TPSA) is 54.7 Å². The van der Waals surface area contributed by atoms with Gasteiger partial charge in [0.2, 0.25) is 0 Å². The summed E-state index contributed by atoms with van der Waals surface area (Å²) < 4.78 is 0. The van der Waals surface area contributed by atoms with Gasteiger partial charge in [0.05, 0.1) is 11.7 Å². The minimum atomic E-state index is 0.0947. The van der Waals surface area contributed by atoms with Crippen molar-refractivity contribution in [3.05, 3.63) is 30.0 Å². The van der Waals surface area contributed by atoms with Gasteiger partial charge < -0.3 is 5.73 Å². The first kappa shape index (κ1) is 8.00. The predicted octanol–water partition coefficient (Wildman–Crippen LogP) is 1.60. The molecule has 1 fully saturated rings. The van der Waals surface area contributed by atoms with Crippen molar-refractivity contribution >= 4 is 10.9 Å². The summed E-state index contributed by atoms with van der Waals surface area (Å²) in [6.07, 6.45) is 5.18. The van der Waals surface area contributed by atoms with Gasteiger partial charge in [-0.2, -0.15) is 5.10 Å². The molecule has 0 radical (unpaired) electrons. The number of aromatic amines is 1. The third kappa shape index (κ3) is 1.30. The van der Waals surface area contributed by atoms with Crippen LogP contribution in [0.5, 0.6) is 0 Å². The molecule has 1 heterocycles.